The second-order valence-corrected chi connectivity index (χ2v) is 7.29. The number of hydrogen-bond acceptors (Lipinski definition) is 5. The molecule has 1 saturated heterocycles. The van der Waals surface area contributed by atoms with E-state index in [0.717, 1.165) is 47.7 Å². The molecule has 1 aromatic heterocycles. The Kier molecular flexibility index (Phi) is 5.62. The molecule has 1 fully saturated rings. The predicted molar refractivity (Wildman–Crippen MR) is 109 cm³/mol. The van der Waals surface area contributed by atoms with Gasteiger partial charge in [-0.1, -0.05) is 30.3 Å². The number of hydrogen-bond donors (Lipinski definition) is 1. The molecule has 150 valence electrons. The van der Waals surface area contributed by atoms with E-state index in [0.29, 0.717) is 19.0 Å². The molecule has 6 heteroatoms. The van der Waals surface area contributed by atoms with Crippen molar-refractivity contribution in [2.75, 3.05) is 6.54 Å². The van der Waals surface area contributed by atoms with Crippen LogP contribution in [0, 0.1) is 6.92 Å². The third-order valence-corrected chi connectivity index (χ3v) is 5.25. The van der Waals surface area contributed by atoms with Crippen molar-refractivity contribution in [3.05, 3.63) is 71.6 Å². The quantitative estimate of drug-likeness (QED) is 0.647. The van der Waals surface area contributed by atoms with E-state index in [1.807, 2.05) is 66.4 Å². The molecule has 29 heavy (non-hydrogen) atoms. The van der Waals surface area contributed by atoms with Crippen molar-refractivity contribution < 1.29 is 19.1 Å². The number of nitrogens with zero attached hydrogens (tertiary/aromatic N) is 2. The van der Waals surface area contributed by atoms with E-state index in [2.05, 4.69) is 4.98 Å². The van der Waals surface area contributed by atoms with E-state index in [4.69, 9.17) is 9.15 Å². The van der Waals surface area contributed by atoms with Crippen LogP contribution in [0.15, 0.2) is 59.0 Å². The Labute approximate surface area is 169 Å². The Morgan fingerprint density at radius 3 is 2.69 bits per heavy atom. The summed E-state index contributed by atoms with van der Waals surface area (Å²) in [6.07, 6.45) is 1.65. The fourth-order valence-corrected chi connectivity index (χ4v) is 3.64. The maximum Gasteiger partial charge on any atom is 0.320 e. The number of aromatic nitrogens is 1. The molecule has 6 nitrogen and oxygen atoms in total. The van der Waals surface area contributed by atoms with Crippen LogP contribution in [-0.2, 0) is 17.9 Å². The van der Waals surface area contributed by atoms with Crippen LogP contribution in [0.5, 0.6) is 5.75 Å². The molecule has 0 spiro atoms. The van der Waals surface area contributed by atoms with Gasteiger partial charge in [-0.2, -0.15) is 0 Å². The van der Waals surface area contributed by atoms with Gasteiger partial charge in [0.05, 0.1) is 0 Å². The lowest BCUT2D eigenvalue weighted by atomic mass is 10.2. The summed E-state index contributed by atoms with van der Waals surface area (Å²) in [6.45, 7) is 3.68. The first-order valence-corrected chi connectivity index (χ1v) is 9.80. The summed E-state index contributed by atoms with van der Waals surface area (Å²) in [5.74, 6) is 1.35. The van der Waals surface area contributed by atoms with Gasteiger partial charge in [0.25, 0.3) is 0 Å². The Morgan fingerprint density at radius 1 is 1.21 bits per heavy atom. The number of ether oxygens (including phenoxy) is 1. The highest BCUT2D eigenvalue weighted by Gasteiger charge is 2.30. The molecule has 1 aliphatic rings. The van der Waals surface area contributed by atoms with Crippen molar-refractivity contribution in [1.82, 2.24) is 9.88 Å². The summed E-state index contributed by atoms with van der Waals surface area (Å²) < 4.78 is 11.6. The monoisotopic (exact) mass is 392 g/mol. The highest BCUT2D eigenvalue weighted by atomic mass is 16.5. The van der Waals surface area contributed by atoms with Crippen LogP contribution in [0.4, 0.5) is 0 Å². The van der Waals surface area contributed by atoms with Crippen molar-refractivity contribution >= 4 is 5.97 Å². The van der Waals surface area contributed by atoms with Gasteiger partial charge in [0.2, 0.25) is 5.89 Å². The van der Waals surface area contributed by atoms with Gasteiger partial charge in [-0.25, -0.2) is 4.98 Å². The standard InChI is InChI=1S/C23H24N2O4/c1-16-20(24-22(29-16)18-6-3-2-4-7-18)15-28-19-11-9-17(10-12-19)14-25-13-5-8-21(25)23(26)27/h2-4,6-7,9-12,21H,5,8,13-15H2,1H3,(H,26,27)/t21-/m0/s1. The largest absolute Gasteiger partial charge is 0.487 e. The third-order valence-electron chi connectivity index (χ3n) is 5.25. The lowest BCUT2D eigenvalue weighted by molar-refractivity contribution is -0.142. The van der Waals surface area contributed by atoms with Gasteiger partial charge in [-0.05, 0) is 56.1 Å². The van der Waals surface area contributed by atoms with Gasteiger partial charge in [0.1, 0.15) is 29.9 Å². The number of likely N-dealkylation sites (tertiary alicyclic amines) is 1. The Morgan fingerprint density at radius 2 is 1.97 bits per heavy atom. The Hall–Kier alpha value is -3.12. The molecule has 1 N–H and O–H groups in total. The van der Waals surface area contributed by atoms with Gasteiger partial charge in [0.15, 0.2) is 0 Å². The zero-order chi connectivity index (χ0) is 20.2. The zero-order valence-corrected chi connectivity index (χ0v) is 16.4. The van der Waals surface area contributed by atoms with Crippen molar-refractivity contribution in [3.63, 3.8) is 0 Å². The molecule has 4 rings (SSSR count). The number of aliphatic carboxylic acids is 1. The number of carbonyl (C=O) groups is 1. The van der Waals surface area contributed by atoms with Crippen LogP contribution in [0.3, 0.4) is 0 Å². The van der Waals surface area contributed by atoms with E-state index in [9.17, 15) is 9.90 Å². The highest BCUT2D eigenvalue weighted by Crippen LogP contribution is 2.24. The van der Waals surface area contributed by atoms with E-state index in [-0.39, 0.29) is 6.04 Å². The van der Waals surface area contributed by atoms with Crippen LogP contribution in [0.2, 0.25) is 0 Å². The van der Waals surface area contributed by atoms with E-state index >= 15 is 0 Å². The maximum absolute atomic E-state index is 11.3. The summed E-state index contributed by atoms with van der Waals surface area (Å²) >= 11 is 0. The van der Waals surface area contributed by atoms with Crippen LogP contribution in [-0.4, -0.2) is 33.5 Å². The van der Waals surface area contributed by atoms with Gasteiger partial charge in [-0.15, -0.1) is 0 Å². The second kappa shape index (κ2) is 8.49. The first-order valence-electron chi connectivity index (χ1n) is 9.80. The van der Waals surface area contributed by atoms with E-state index in [1.54, 1.807) is 0 Å². The summed E-state index contributed by atoms with van der Waals surface area (Å²) in [6, 6.07) is 17.2. The minimum Gasteiger partial charge on any atom is -0.487 e. The van der Waals surface area contributed by atoms with E-state index < -0.39 is 5.97 Å². The zero-order valence-electron chi connectivity index (χ0n) is 16.4. The Balaban J connectivity index is 1.36. The predicted octanol–water partition coefficient (Wildman–Crippen LogP) is 4.28. The molecule has 0 bridgehead atoms. The average molecular weight is 392 g/mol. The Bertz CT molecular complexity index is 966. The number of carboxylic acid groups (broad SMARTS) is 1. The van der Waals surface area contributed by atoms with Crippen LogP contribution in [0.1, 0.15) is 29.9 Å². The summed E-state index contributed by atoms with van der Waals surface area (Å²) in [5.41, 5.74) is 2.79. The topological polar surface area (TPSA) is 75.8 Å². The first-order chi connectivity index (χ1) is 14.1. The van der Waals surface area contributed by atoms with Crippen molar-refractivity contribution in [3.8, 4) is 17.2 Å². The SMILES string of the molecule is Cc1oc(-c2ccccc2)nc1COc1ccc(CN2CCC[C@H]2C(=O)O)cc1. The normalized spacial score (nSPS) is 16.8. The minimum absolute atomic E-state index is 0.328. The van der Waals surface area contributed by atoms with Crippen LogP contribution >= 0.6 is 0 Å². The van der Waals surface area contributed by atoms with Crippen LogP contribution < -0.4 is 4.74 Å². The molecule has 0 unspecified atom stereocenters. The fourth-order valence-electron chi connectivity index (χ4n) is 3.64. The van der Waals surface area contributed by atoms with Crippen LogP contribution in [0.25, 0.3) is 11.5 Å². The molecular formula is C23H24N2O4. The molecular weight excluding hydrogens is 368 g/mol. The molecule has 0 saturated carbocycles. The number of carboxylic acids is 1. The number of benzene rings is 2. The number of rotatable bonds is 7. The molecule has 0 radical (unpaired) electrons. The molecule has 0 amide bonds. The smallest absolute Gasteiger partial charge is 0.320 e. The molecule has 3 aromatic rings. The molecule has 0 aliphatic carbocycles. The van der Waals surface area contributed by atoms with Crippen molar-refractivity contribution in [2.45, 2.75) is 39.0 Å². The van der Waals surface area contributed by atoms with Crippen molar-refractivity contribution in [1.29, 1.82) is 0 Å². The molecule has 1 aliphatic heterocycles. The summed E-state index contributed by atoms with van der Waals surface area (Å²) in [4.78, 5) is 17.9. The number of oxazole rings is 1. The highest BCUT2D eigenvalue weighted by molar-refractivity contribution is 5.73. The lowest BCUT2D eigenvalue weighted by Gasteiger charge is -2.21. The lowest BCUT2D eigenvalue weighted by Crippen LogP contribution is -2.35. The van der Waals surface area contributed by atoms with E-state index in [1.165, 1.54) is 0 Å². The molecule has 2 heterocycles. The summed E-state index contributed by atoms with van der Waals surface area (Å²) in [7, 11) is 0. The second-order valence-electron chi connectivity index (χ2n) is 7.29. The van der Waals surface area contributed by atoms with Gasteiger partial charge < -0.3 is 14.3 Å². The minimum atomic E-state index is -0.736. The molecule has 1 atom stereocenters. The maximum atomic E-state index is 11.3. The first kappa shape index (κ1) is 19.2. The van der Waals surface area contributed by atoms with Crippen molar-refractivity contribution in [2.24, 2.45) is 0 Å². The fraction of sp³-hybridized carbons (Fsp3) is 0.304. The number of aryl methyl sites for hydroxylation is 1. The summed E-state index contributed by atoms with van der Waals surface area (Å²) in [5, 5.41) is 9.31. The average Bonchev–Trinajstić information content (AvgIpc) is 3.35. The van der Waals surface area contributed by atoms with Gasteiger partial charge in [-0.3, -0.25) is 9.69 Å². The van der Waals surface area contributed by atoms with Gasteiger partial charge in [0, 0.05) is 12.1 Å². The van der Waals surface area contributed by atoms with Gasteiger partial charge >= 0.3 is 5.97 Å². The molecule has 2 aromatic carbocycles. The third kappa shape index (κ3) is 4.49.